The number of hydrogen-bond acceptors (Lipinski definition) is 5. The fraction of sp³-hybridized carbons (Fsp3) is 0.609. The van der Waals surface area contributed by atoms with E-state index in [1.807, 2.05) is 44.3 Å². The molecule has 4 saturated carbocycles. The molecular weight excluding hydrogens is 382 g/mol. The first-order valence-electron chi connectivity index (χ1n) is 10.8. The fourth-order valence-electron chi connectivity index (χ4n) is 6.29. The lowest BCUT2D eigenvalue weighted by Gasteiger charge is -2.55. The summed E-state index contributed by atoms with van der Waals surface area (Å²) in [6.07, 6.45) is 7.82. The molecule has 5 nitrogen and oxygen atoms in total. The van der Waals surface area contributed by atoms with Crippen LogP contribution in [0.2, 0.25) is 0 Å². The Labute approximate surface area is 176 Å². The van der Waals surface area contributed by atoms with E-state index in [2.05, 4.69) is 10.2 Å². The standard InChI is InChI=1S/C23H29N3O2S/c1-15(20(27)26(2)14-16-6-4-3-5-7-16)29-22-25-24-21(28-22)23-11-17-8-18(12-23)10-19(9-17)13-23/h3-7,15,17-19H,8-14H2,1-2H3/t15-,17?,18?,19?,23?/m0/s1. The molecule has 29 heavy (non-hydrogen) atoms. The predicted molar refractivity (Wildman–Crippen MR) is 112 cm³/mol. The van der Waals surface area contributed by atoms with Gasteiger partial charge in [-0.25, -0.2) is 0 Å². The Kier molecular flexibility index (Phi) is 4.93. The van der Waals surface area contributed by atoms with Crippen LogP contribution in [0.25, 0.3) is 0 Å². The minimum absolute atomic E-state index is 0.0772. The quantitative estimate of drug-likeness (QED) is 0.646. The average Bonchev–Trinajstić information content (AvgIpc) is 3.16. The smallest absolute Gasteiger partial charge is 0.277 e. The van der Waals surface area contributed by atoms with Gasteiger partial charge < -0.3 is 9.32 Å². The maximum absolute atomic E-state index is 12.8. The van der Waals surface area contributed by atoms with Crippen molar-refractivity contribution in [2.24, 2.45) is 17.8 Å². The molecule has 0 aliphatic heterocycles. The lowest BCUT2D eigenvalue weighted by atomic mass is 9.49. The number of amides is 1. The second kappa shape index (κ2) is 7.46. The van der Waals surface area contributed by atoms with Gasteiger partial charge in [-0.15, -0.1) is 10.2 Å². The lowest BCUT2D eigenvalue weighted by molar-refractivity contribution is -0.129. The number of thioether (sulfide) groups is 1. The van der Waals surface area contributed by atoms with Crippen LogP contribution < -0.4 is 0 Å². The third-order valence-electron chi connectivity index (χ3n) is 7.16. The highest BCUT2D eigenvalue weighted by atomic mass is 32.2. The van der Waals surface area contributed by atoms with E-state index in [9.17, 15) is 4.79 Å². The molecule has 4 aliphatic carbocycles. The molecule has 4 bridgehead atoms. The van der Waals surface area contributed by atoms with E-state index in [4.69, 9.17) is 4.42 Å². The zero-order valence-electron chi connectivity index (χ0n) is 17.2. The number of carbonyl (C=O) groups excluding carboxylic acids is 1. The monoisotopic (exact) mass is 411 g/mol. The van der Waals surface area contributed by atoms with Crippen molar-refractivity contribution in [3.63, 3.8) is 0 Å². The normalized spacial score (nSPS) is 31.0. The van der Waals surface area contributed by atoms with Crippen LogP contribution >= 0.6 is 11.8 Å². The Hall–Kier alpha value is -1.82. The maximum Gasteiger partial charge on any atom is 0.277 e. The van der Waals surface area contributed by atoms with Crippen molar-refractivity contribution in [1.29, 1.82) is 0 Å². The van der Waals surface area contributed by atoms with Crippen LogP contribution in [0, 0.1) is 17.8 Å². The highest BCUT2D eigenvalue weighted by Crippen LogP contribution is 2.60. The molecule has 1 atom stereocenters. The van der Waals surface area contributed by atoms with Gasteiger partial charge in [0.2, 0.25) is 11.8 Å². The second-order valence-corrected chi connectivity index (χ2v) is 10.8. The van der Waals surface area contributed by atoms with E-state index < -0.39 is 0 Å². The molecule has 1 aromatic carbocycles. The van der Waals surface area contributed by atoms with Crippen molar-refractivity contribution in [1.82, 2.24) is 15.1 Å². The van der Waals surface area contributed by atoms with Crippen molar-refractivity contribution in [2.75, 3.05) is 7.05 Å². The van der Waals surface area contributed by atoms with E-state index in [1.165, 1.54) is 50.3 Å². The summed E-state index contributed by atoms with van der Waals surface area (Å²) < 4.78 is 6.16. The van der Waals surface area contributed by atoms with Crippen LogP contribution in [0.4, 0.5) is 0 Å². The highest BCUT2D eigenvalue weighted by molar-refractivity contribution is 8.00. The Morgan fingerprint density at radius 3 is 2.38 bits per heavy atom. The Balaban J connectivity index is 1.24. The molecule has 2 aromatic rings. The van der Waals surface area contributed by atoms with Crippen LogP contribution in [0.5, 0.6) is 0 Å². The molecule has 0 saturated heterocycles. The Morgan fingerprint density at radius 2 is 1.76 bits per heavy atom. The van der Waals surface area contributed by atoms with Gasteiger partial charge in [-0.1, -0.05) is 42.1 Å². The number of carbonyl (C=O) groups is 1. The topological polar surface area (TPSA) is 59.2 Å². The zero-order chi connectivity index (χ0) is 20.0. The van der Waals surface area contributed by atoms with Gasteiger partial charge in [-0.05, 0) is 68.8 Å². The Bertz CT molecular complexity index is 846. The number of benzene rings is 1. The van der Waals surface area contributed by atoms with Crippen LogP contribution in [0.1, 0.15) is 56.9 Å². The molecule has 6 rings (SSSR count). The van der Waals surface area contributed by atoms with E-state index >= 15 is 0 Å². The van der Waals surface area contributed by atoms with Gasteiger partial charge >= 0.3 is 0 Å². The van der Waals surface area contributed by atoms with Gasteiger partial charge in [0, 0.05) is 19.0 Å². The number of hydrogen-bond donors (Lipinski definition) is 0. The largest absolute Gasteiger partial charge is 0.415 e. The minimum atomic E-state index is -0.256. The summed E-state index contributed by atoms with van der Waals surface area (Å²) in [5.41, 5.74) is 1.24. The third kappa shape index (κ3) is 3.72. The summed E-state index contributed by atoms with van der Waals surface area (Å²) in [4.78, 5) is 14.6. The molecule has 0 radical (unpaired) electrons. The molecule has 4 aliphatic rings. The van der Waals surface area contributed by atoms with E-state index in [0.29, 0.717) is 11.8 Å². The first-order valence-corrected chi connectivity index (χ1v) is 11.7. The van der Waals surface area contributed by atoms with Gasteiger partial charge in [0.25, 0.3) is 5.22 Å². The fourth-order valence-corrected chi connectivity index (χ4v) is 7.09. The Morgan fingerprint density at radius 1 is 1.14 bits per heavy atom. The molecule has 0 unspecified atom stereocenters. The molecule has 0 spiro atoms. The van der Waals surface area contributed by atoms with Crippen molar-refractivity contribution in [3.8, 4) is 0 Å². The molecule has 6 heteroatoms. The van der Waals surface area contributed by atoms with E-state index in [1.54, 1.807) is 4.90 Å². The lowest BCUT2D eigenvalue weighted by Crippen LogP contribution is -2.48. The first kappa shape index (κ1) is 19.2. The molecule has 1 heterocycles. The van der Waals surface area contributed by atoms with Gasteiger partial charge in [0.05, 0.1) is 5.25 Å². The number of nitrogens with zero attached hydrogens (tertiary/aromatic N) is 3. The molecular formula is C23H29N3O2S. The summed E-state index contributed by atoms with van der Waals surface area (Å²) in [5.74, 6) is 3.44. The minimum Gasteiger partial charge on any atom is -0.415 e. The van der Waals surface area contributed by atoms with Crippen LogP contribution in [-0.2, 0) is 16.8 Å². The summed E-state index contributed by atoms with van der Waals surface area (Å²) in [5, 5.41) is 9.06. The van der Waals surface area contributed by atoms with E-state index in [-0.39, 0.29) is 16.6 Å². The van der Waals surface area contributed by atoms with Crippen LogP contribution in [-0.4, -0.2) is 33.3 Å². The second-order valence-electron chi connectivity index (χ2n) is 9.51. The maximum atomic E-state index is 12.8. The van der Waals surface area contributed by atoms with Crippen LogP contribution in [0.3, 0.4) is 0 Å². The third-order valence-corrected chi connectivity index (χ3v) is 8.08. The van der Waals surface area contributed by atoms with Crippen molar-refractivity contribution < 1.29 is 9.21 Å². The van der Waals surface area contributed by atoms with Gasteiger partial charge in [-0.2, -0.15) is 0 Å². The van der Waals surface area contributed by atoms with Crippen molar-refractivity contribution in [3.05, 3.63) is 41.8 Å². The molecule has 4 fully saturated rings. The number of aromatic nitrogens is 2. The predicted octanol–water partition coefficient (Wildman–Crippen LogP) is 4.68. The van der Waals surface area contributed by atoms with E-state index in [0.717, 1.165) is 29.2 Å². The number of rotatable bonds is 6. The van der Waals surface area contributed by atoms with Crippen LogP contribution in [0.15, 0.2) is 40.0 Å². The molecule has 154 valence electrons. The molecule has 0 N–H and O–H groups in total. The SMILES string of the molecule is C[C@H](Sc1nnc(C23CC4CC(CC(C4)C2)C3)o1)C(=O)N(C)Cc1ccccc1. The van der Waals surface area contributed by atoms with Gasteiger partial charge in [0.15, 0.2) is 0 Å². The summed E-state index contributed by atoms with van der Waals surface area (Å²) in [7, 11) is 1.85. The average molecular weight is 412 g/mol. The van der Waals surface area contributed by atoms with Crippen molar-refractivity contribution in [2.45, 2.75) is 67.9 Å². The zero-order valence-corrected chi connectivity index (χ0v) is 18.0. The highest BCUT2D eigenvalue weighted by Gasteiger charge is 2.54. The first-order chi connectivity index (χ1) is 14.0. The van der Waals surface area contributed by atoms with Gasteiger partial charge in [0.1, 0.15) is 0 Å². The molecule has 1 aromatic heterocycles. The van der Waals surface area contributed by atoms with Crippen molar-refractivity contribution >= 4 is 17.7 Å². The van der Waals surface area contributed by atoms with Gasteiger partial charge in [-0.3, -0.25) is 4.79 Å². The summed E-state index contributed by atoms with van der Waals surface area (Å²) in [6, 6.07) is 10.1. The molecule has 1 amide bonds. The summed E-state index contributed by atoms with van der Waals surface area (Å²) >= 11 is 1.38. The summed E-state index contributed by atoms with van der Waals surface area (Å²) in [6.45, 7) is 2.52.